The van der Waals surface area contributed by atoms with Crippen LogP contribution in [0, 0.1) is 5.92 Å². The molecule has 1 heterocycles. The van der Waals surface area contributed by atoms with Crippen LogP contribution in [0.25, 0.3) is 0 Å². The molecule has 3 nitrogen and oxygen atoms in total. The fourth-order valence-corrected chi connectivity index (χ4v) is 2.11. The van der Waals surface area contributed by atoms with Crippen LogP contribution in [0.5, 0.6) is 5.75 Å². The highest BCUT2D eigenvalue weighted by Crippen LogP contribution is 2.21. The van der Waals surface area contributed by atoms with E-state index < -0.39 is 0 Å². The molecular formula is C14H18O3. The van der Waals surface area contributed by atoms with Crippen molar-refractivity contribution in [3.05, 3.63) is 29.8 Å². The minimum Gasteiger partial charge on any atom is -0.497 e. The van der Waals surface area contributed by atoms with E-state index >= 15 is 0 Å². The predicted octanol–water partition coefficient (Wildman–Crippen LogP) is 2.69. The van der Waals surface area contributed by atoms with Crippen LogP contribution in [0.3, 0.4) is 0 Å². The molecule has 0 bridgehead atoms. The quantitative estimate of drug-likeness (QED) is 0.751. The smallest absolute Gasteiger partial charge is 0.163 e. The van der Waals surface area contributed by atoms with Gasteiger partial charge in [0.1, 0.15) is 5.75 Å². The van der Waals surface area contributed by atoms with E-state index in [1.54, 1.807) is 7.11 Å². The Labute approximate surface area is 102 Å². The first-order valence-corrected chi connectivity index (χ1v) is 6.04. The van der Waals surface area contributed by atoms with Crippen molar-refractivity contribution in [2.24, 2.45) is 5.92 Å². The highest BCUT2D eigenvalue weighted by atomic mass is 16.5. The SMILES string of the molecule is COc1ccc(C(=O)CC2CCOCC2)cc1. The van der Waals surface area contributed by atoms with E-state index in [0.29, 0.717) is 12.3 Å². The second kappa shape index (κ2) is 5.82. The van der Waals surface area contributed by atoms with Crippen LogP contribution < -0.4 is 4.74 Å². The summed E-state index contributed by atoms with van der Waals surface area (Å²) < 4.78 is 10.4. The summed E-state index contributed by atoms with van der Waals surface area (Å²) in [6, 6.07) is 7.33. The molecular weight excluding hydrogens is 216 g/mol. The molecule has 1 aliphatic heterocycles. The summed E-state index contributed by atoms with van der Waals surface area (Å²) in [6.45, 7) is 1.58. The van der Waals surface area contributed by atoms with Crippen molar-refractivity contribution in [1.82, 2.24) is 0 Å². The van der Waals surface area contributed by atoms with E-state index in [-0.39, 0.29) is 5.78 Å². The molecule has 92 valence electrons. The van der Waals surface area contributed by atoms with Crippen LogP contribution in [0.2, 0.25) is 0 Å². The zero-order valence-corrected chi connectivity index (χ0v) is 10.1. The average molecular weight is 234 g/mol. The van der Waals surface area contributed by atoms with Gasteiger partial charge < -0.3 is 9.47 Å². The molecule has 1 aromatic carbocycles. The third-order valence-corrected chi connectivity index (χ3v) is 3.23. The van der Waals surface area contributed by atoms with Gasteiger partial charge >= 0.3 is 0 Å². The van der Waals surface area contributed by atoms with Gasteiger partial charge in [-0.05, 0) is 43.0 Å². The Kier molecular flexibility index (Phi) is 4.15. The summed E-state index contributed by atoms with van der Waals surface area (Å²) in [4.78, 5) is 12.0. The molecule has 1 aromatic rings. The third kappa shape index (κ3) is 3.30. The third-order valence-electron chi connectivity index (χ3n) is 3.23. The molecule has 0 aliphatic carbocycles. The Morgan fingerprint density at radius 1 is 1.29 bits per heavy atom. The van der Waals surface area contributed by atoms with Gasteiger partial charge in [0, 0.05) is 25.2 Å². The van der Waals surface area contributed by atoms with Gasteiger partial charge in [-0.1, -0.05) is 0 Å². The minimum atomic E-state index is 0.222. The lowest BCUT2D eigenvalue weighted by Crippen LogP contribution is -2.18. The lowest BCUT2D eigenvalue weighted by Gasteiger charge is -2.21. The first-order valence-electron chi connectivity index (χ1n) is 6.04. The second-order valence-corrected chi connectivity index (χ2v) is 4.41. The first kappa shape index (κ1) is 12.1. The topological polar surface area (TPSA) is 35.5 Å². The molecule has 0 amide bonds. The normalized spacial score (nSPS) is 16.8. The summed E-state index contributed by atoms with van der Waals surface area (Å²) in [5.41, 5.74) is 0.775. The van der Waals surface area contributed by atoms with Crippen molar-refractivity contribution in [3.63, 3.8) is 0 Å². The molecule has 0 saturated carbocycles. The Hall–Kier alpha value is -1.35. The van der Waals surface area contributed by atoms with Gasteiger partial charge in [-0.25, -0.2) is 0 Å². The van der Waals surface area contributed by atoms with Gasteiger partial charge in [0.15, 0.2) is 5.78 Å². The zero-order valence-electron chi connectivity index (χ0n) is 10.1. The van der Waals surface area contributed by atoms with E-state index in [1.807, 2.05) is 24.3 Å². The number of hydrogen-bond donors (Lipinski definition) is 0. The molecule has 0 N–H and O–H groups in total. The molecule has 1 aliphatic rings. The molecule has 17 heavy (non-hydrogen) atoms. The lowest BCUT2D eigenvalue weighted by atomic mass is 9.92. The van der Waals surface area contributed by atoms with Gasteiger partial charge in [-0.2, -0.15) is 0 Å². The Morgan fingerprint density at radius 2 is 1.94 bits per heavy atom. The van der Waals surface area contributed by atoms with Crippen LogP contribution >= 0.6 is 0 Å². The van der Waals surface area contributed by atoms with Crippen molar-refractivity contribution < 1.29 is 14.3 Å². The second-order valence-electron chi connectivity index (χ2n) is 4.41. The largest absolute Gasteiger partial charge is 0.497 e. The van der Waals surface area contributed by atoms with E-state index in [9.17, 15) is 4.79 Å². The molecule has 0 unspecified atom stereocenters. The molecule has 3 heteroatoms. The predicted molar refractivity (Wildman–Crippen MR) is 65.5 cm³/mol. The minimum absolute atomic E-state index is 0.222. The average Bonchev–Trinajstić information content (AvgIpc) is 2.40. The molecule has 0 spiro atoms. The van der Waals surface area contributed by atoms with Crippen molar-refractivity contribution in [2.45, 2.75) is 19.3 Å². The Balaban J connectivity index is 1.93. The molecule has 0 radical (unpaired) electrons. The number of carbonyl (C=O) groups excluding carboxylic acids is 1. The van der Waals surface area contributed by atoms with Crippen molar-refractivity contribution in [1.29, 1.82) is 0 Å². The van der Waals surface area contributed by atoms with Crippen LogP contribution in [0.4, 0.5) is 0 Å². The van der Waals surface area contributed by atoms with E-state index in [1.165, 1.54) is 0 Å². The Bertz CT molecular complexity index is 364. The Morgan fingerprint density at radius 3 is 2.53 bits per heavy atom. The maximum absolute atomic E-state index is 12.0. The van der Waals surface area contributed by atoms with Crippen LogP contribution in [-0.2, 0) is 4.74 Å². The molecule has 1 fully saturated rings. The number of methoxy groups -OCH3 is 1. The molecule has 2 rings (SSSR count). The summed E-state index contributed by atoms with van der Waals surface area (Å²) >= 11 is 0. The number of Topliss-reactive ketones (excluding diaryl/α,β-unsaturated/α-hetero) is 1. The van der Waals surface area contributed by atoms with Crippen LogP contribution in [0.15, 0.2) is 24.3 Å². The van der Waals surface area contributed by atoms with Gasteiger partial charge in [0.25, 0.3) is 0 Å². The number of carbonyl (C=O) groups is 1. The van der Waals surface area contributed by atoms with E-state index in [0.717, 1.165) is 37.4 Å². The van der Waals surface area contributed by atoms with Gasteiger partial charge in [-0.3, -0.25) is 4.79 Å². The maximum atomic E-state index is 12.0. The van der Waals surface area contributed by atoms with Gasteiger partial charge in [-0.15, -0.1) is 0 Å². The van der Waals surface area contributed by atoms with Crippen molar-refractivity contribution in [3.8, 4) is 5.75 Å². The number of ether oxygens (including phenoxy) is 2. The summed E-state index contributed by atoms with van der Waals surface area (Å²) in [5, 5.41) is 0. The summed E-state index contributed by atoms with van der Waals surface area (Å²) in [5.74, 6) is 1.49. The number of ketones is 1. The monoisotopic (exact) mass is 234 g/mol. The highest BCUT2D eigenvalue weighted by molar-refractivity contribution is 5.96. The molecule has 0 aromatic heterocycles. The van der Waals surface area contributed by atoms with Gasteiger partial charge in [0.2, 0.25) is 0 Å². The van der Waals surface area contributed by atoms with Crippen LogP contribution in [0.1, 0.15) is 29.6 Å². The van der Waals surface area contributed by atoms with E-state index in [4.69, 9.17) is 9.47 Å². The van der Waals surface area contributed by atoms with Crippen molar-refractivity contribution in [2.75, 3.05) is 20.3 Å². The van der Waals surface area contributed by atoms with Crippen molar-refractivity contribution >= 4 is 5.78 Å². The number of benzene rings is 1. The zero-order chi connectivity index (χ0) is 12.1. The fraction of sp³-hybridized carbons (Fsp3) is 0.500. The standard InChI is InChI=1S/C14H18O3/c1-16-13-4-2-12(3-5-13)14(15)10-11-6-8-17-9-7-11/h2-5,11H,6-10H2,1H3. The molecule has 1 saturated heterocycles. The van der Waals surface area contributed by atoms with E-state index in [2.05, 4.69) is 0 Å². The summed E-state index contributed by atoms with van der Waals surface area (Å²) in [7, 11) is 1.62. The number of hydrogen-bond acceptors (Lipinski definition) is 3. The fourth-order valence-electron chi connectivity index (χ4n) is 2.11. The number of rotatable bonds is 4. The van der Waals surface area contributed by atoms with Gasteiger partial charge in [0.05, 0.1) is 7.11 Å². The first-order chi connectivity index (χ1) is 8.29. The molecule has 0 atom stereocenters. The highest BCUT2D eigenvalue weighted by Gasteiger charge is 2.18. The lowest BCUT2D eigenvalue weighted by molar-refractivity contribution is 0.0601. The summed E-state index contributed by atoms with van der Waals surface area (Å²) in [6.07, 6.45) is 2.64. The van der Waals surface area contributed by atoms with Crippen LogP contribution in [-0.4, -0.2) is 26.1 Å². The maximum Gasteiger partial charge on any atom is 0.163 e.